The summed E-state index contributed by atoms with van der Waals surface area (Å²) in [5, 5.41) is 2.81. The van der Waals surface area contributed by atoms with Gasteiger partial charge >= 0.3 is 0 Å². The molecular formula is C10H18N4O2. The van der Waals surface area contributed by atoms with Gasteiger partial charge in [0.25, 0.3) is 0 Å². The summed E-state index contributed by atoms with van der Waals surface area (Å²) in [6.07, 6.45) is 3.40. The van der Waals surface area contributed by atoms with Crippen LogP contribution in [0.15, 0.2) is 12.4 Å². The van der Waals surface area contributed by atoms with E-state index in [1.165, 1.54) is 0 Å². The molecular weight excluding hydrogens is 208 g/mol. The predicted octanol–water partition coefficient (Wildman–Crippen LogP) is -0.0493. The number of hydrogen-bond donors (Lipinski definition) is 3. The largest absolute Gasteiger partial charge is 0.380 e. The lowest BCUT2D eigenvalue weighted by molar-refractivity contribution is -0.124. The van der Waals surface area contributed by atoms with E-state index in [-0.39, 0.29) is 24.5 Å². The number of imidazole rings is 1. The zero-order valence-electron chi connectivity index (χ0n) is 9.56. The summed E-state index contributed by atoms with van der Waals surface area (Å²) in [5.41, 5.74) is 5.43. The fourth-order valence-corrected chi connectivity index (χ4v) is 1.35. The lowest BCUT2D eigenvalue weighted by atomic mass is 10.2. The molecule has 1 heterocycles. The molecule has 0 aliphatic heterocycles. The van der Waals surface area contributed by atoms with Crippen molar-refractivity contribution in [3.05, 3.63) is 18.2 Å². The van der Waals surface area contributed by atoms with Crippen LogP contribution < -0.4 is 11.1 Å². The van der Waals surface area contributed by atoms with Crippen molar-refractivity contribution < 1.29 is 9.53 Å². The van der Waals surface area contributed by atoms with Crippen molar-refractivity contribution in [2.24, 2.45) is 5.73 Å². The number of nitrogens with zero attached hydrogens (tertiary/aromatic N) is 1. The van der Waals surface area contributed by atoms with Crippen molar-refractivity contribution in [1.82, 2.24) is 15.3 Å². The lowest BCUT2D eigenvalue weighted by Crippen LogP contribution is -2.33. The summed E-state index contributed by atoms with van der Waals surface area (Å²) in [6.45, 7) is 2.19. The van der Waals surface area contributed by atoms with Gasteiger partial charge in [0.15, 0.2) is 0 Å². The summed E-state index contributed by atoms with van der Waals surface area (Å²) in [4.78, 5) is 18.6. The molecule has 2 atom stereocenters. The second-order valence-electron chi connectivity index (χ2n) is 3.56. The first-order valence-corrected chi connectivity index (χ1v) is 5.18. The van der Waals surface area contributed by atoms with E-state index < -0.39 is 0 Å². The average Bonchev–Trinajstić information content (AvgIpc) is 2.79. The number of nitrogens with two attached hydrogens (primary N) is 1. The summed E-state index contributed by atoms with van der Waals surface area (Å²) >= 11 is 0. The first-order valence-electron chi connectivity index (χ1n) is 5.18. The van der Waals surface area contributed by atoms with Crippen molar-refractivity contribution in [1.29, 1.82) is 0 Å². The van der Waals surface area contributed by atoms with Crippen LogP contribution in [-0.4, -0.2) is 35.6 Å². The highest BCUT2D eigenvalue weighted by Gasteiger charge is 2.15. The number of aromatic amines is 1. The Morgan fingerprint density at radius 3 is 3.00 bits per heavy atom. The zero-order valence-corrected chi connectivity index (χ0v) is 9.56. The van der Waals surface area contributed by atoms with Crippen molar-refractivity contribution >= 4 is 5.91 Å². The summed E-state index contributed by atoms with van der Waals surface area (Å²) in [7, 11) is 1.54. The molecule has 0 aliphatic carbocycles. The van der Waals surface area contributed by atoms with E-state index in [4.69, 9.17) is 10.5 Å². The van der Waals surface area contributed by atoms with Gasteiger partial charge in [-0.05, 0) is 6.92 Å². The third-order valence-corrected chi connectivity index (χ3v) is 2.32. The van der Waals surface area contributed by atoms with E-state index in [2.05, 4.69) is 15.3 Å². The maximum absolute atomic E-state index is 11.6. The summed E-state index contributed by atoms with van der Waals surface area (Å²) in [6, 6.07) is -0.141. The van der Waals surface area contributed by atoms with Gasteiger partial charge in [0.1, 0.15) is 5.82 Å². The Balaban J connectivity index is 2.39. The number of ether oxygens (including phenoxy) is 1. The number of nitrogens with one attached hydrogen (secondary N) is 2. The lowest BCUT2D eigenvalue weighted by Gasteiger charge is -2.15. The molecule has 16 heavy (non-hydrogen) atoms. The van der Waals surface area contributed by atoms with E-state index in [1.54, 1.807) is 19.5 Å². The fraction of sp³-hybridized carbons (Fsp3) is 0.600. The minimum atomic E-state index is -0.233. The van der Waals surface area contributed by atoms with Crippen LogP contribution in [0.25, 0.3) is 0 Å². The van der Waals surface area contributed by atoms with Crippen molar-refractivity contribution in [3.63, 3.8) is 0 Å². The molecule has 0 saturated heterocycles. The van der Waals surface area contributed by atoms with Crippen LogP contribution in [0.2, 0.25) is 0 Å². The fourth-order valence-electron chi connectivity index (χ4n) is 1.35. The number of amides is 1. The molecule has 0 bridgehead atoms. The number of hydrogen-bond acceptors (Lipinski definition) is 4. The second kappa shape index (κ2) is 6.24. The molecule has 90 valence electrons. The molecule has 1 amide bonds. The first kappa shape index (κ1) is 12.7. The molecule has 1 rings (SSSR count). The van der Waals surface area contributed by atoms with Crippen LogP contribution >= 0.6 is 0 Å². The van der Waals surface area contributed by atoms with Gasteiger partial charge in [0.2, 0.25) is 5.91 Å². The Bertz CT molecular complexity index is 309. The Morgan fingerprint density at radius 2 is 2.50 bits per heavy atom. The van der Waals surface area contributed by atoms with Crippen LogP contribution in [-0.2, 0) is 9.53 Å². The number of methoxy groups -OCH3 is 1. The van der Waals surface area contributed by atoms with Gasteiger partial charge in [-0.25, -0.2) is 4.98 Å². The van der Waals surface area contributed by atoms with Crippen molar-refractivity contribution in [3.8, 4) is 0 Å². The second-order valence-corrected chi connectivity index (χ2v) is 3.56. The number of rotatable bonds is 6. The Hall–Kier alpha value is -1.40. The highest BCUT2D eigenvalue weighted by Crippen LogP contribution is 2.06. The van der Waals surface area contributed by atoms with Crippen LogP contribution in [0.5, 0.6) is 0 Å². The van der Waals surface area contributed by atoms with Gasteiger partial charge in [-0.3, -0.25) is 4.79 Å². The molecule has 0 aromatic carbocycles. The van der Waals surface area contributed by atoms with E-state index in [0.717, 1.165) is 5.82 Å². The van der Waals surface area contributed by atoms with E-state index >= 15 is 0 Å². The molecule has 4 N–H and O–H groups in total. The highest BCUT2D eigenvalue weighted by molar-refractivity contribution is 5.76. The maximum Gasteiger partial charge on any atom is 0.223 e. The highest BCUT2D eigenvalue weighted by atomic mass is 16.5. The molecule has 0 radical (unpaired) electrons. The van der Waals surface area contributed by atoms with Gasteiger partial charge < -0.3 is 20.8 Å². The molecule has 0 spiro atoms. The third kappa shape index (κ3) is 3.63. The minimum Gasteiger partial charge on any atom is -0.380 e. The van der Waals surface area contributed by atoms with Gasteiger partial charge in [0.05, 0.1) is 18.6 Å². The normalized spacial score (nSPS) is 14.4. The monoisotopic (exact) mass is 226 g/mol. The average molecular weight is 226 g/mol. The van der Waals surface area contributed by atoms with Gasteiger partial charge in [-0.15, -0.1) is 0 Å². The molecule has 2 unspecified atom stereocenters. The standard InChI is InChI=1S/C10H18N4O2/c1-7(10-12-3-4-13-10)14-9(15)5-8(6-11)16-2/h3-4,7-8H,5-6,11H2,1-2H3,(H,12,13)(H,14,15). The van der Waals surface area contributed by atoms with Gasteiger partial charge in [-0.2, -0.15) is 0 Å². The molecule has 1 aromatic rings. The molecule has 1 aromatic heterocycles. The van der Waals surface area contributed by atoms with E-state index in [1.807, 2.05) is 6.92 Å². The van der Waals surface area contributed by atoms with Crippen molar-refractivity contribution in [2.75, 3.05) is 13.7 Å². The van der Waals surface area contributed by atoms with Crippen LogP contribution in [0, 0.1) is 0 Å². The van der Waals surface area contributed by atoms with Crippen LogP contribution in [0.3, 0.4) is 0 Å². The third-order valence-electron chi connectivity index (χ3n) is 2.32. The summed E-state index contributed by atoms with van der Waals surface area (Å²) in [5.74, 6) is 0.635. The minimum absolute atomic E-state index is 0.0961. The molecule has 0 fully saturated rings. The Labute approximate surface area is 94.6 Å². The van der Waals surface area contributed by atoms with Gasteiger partial charge in [-0.1, -0.05) is 0 Å². The van der Waals surface area contributed by atoms with E-state index in [9.17, 15) is 4.79 Å². The number of H-pyrrole nitrogens is 1. The number of aromatic nitrogens is 2. The Morgan fingerprint density at radius 1 is 1.75 bits per heavy atom. The van der Waals surface area contributed by atoms with E-state index in [0.29, 0.717) is 6.54 Å². The molecule has 0 aliphatic rings. The SMILES string of the molecule is COC(CN)CC(=O)NC(C)c1ncc[nH]1. The van der Waals surface area contributed by atoms with Crippen LogP contribution in [0.1, 0.15) is 25.2 Å². The molecule has 6 nitrogen and oxygen atoms in total. The van der Waals surface area contributed by atoms with Crippen molar-refractivity contribution in [2.45, 2.75) is 25.5 Å². The number of carbonyl (C=O) groups is 1. The number of carbonyl (C=O) groups excluding carboxylic acids is 1. The van der Waals surface area contributed by atoms with Crippen LogP contribution in [0.4, 0.5) is 0 Å². The topological polar surface area (TPSA) is 93.0 Å². The first-order chi connectivity index (χ1) is 7.67. The maximum atomic E-state index is 11.6. The van der Waals surface area contributed by atoms with Gasteiger partial charge in [0, 0.05) is 26.0 Å². The Kier molecular flexibility index (Phi) is 4.94. The smallest absolute Gasteiger partial charge is 0.223 e. The summed E-state index contributed by atoms with van der Waals surface area (Å²) < 4.78 is 5.03. The quantitative estimate of drug-likeness (QED) is 0.634. The molecule has 6 heteroatoms. The zero-order chi connectivity index (χ0) is 12.0. The predicted molar refractivity (Wildman–Crippen MR) is 59.6 cm³/mol. The molecule has 0 saturated carbocycles.